The molecule has 1 N–H and O–H groups in total. The molecule has 1 aliphatic heterocycles. The van der Waals surface area contributed by atoms with Crippen molar-refractivity contribution >= 4 is 29.3 Å². The molecule has 5 heteroatoms. The SMILES string of the molecule is CCN(CCCNC(=O)/C=C/c1ccc(N2CCCC2=O)cc1)c1ccccc1. The van der Waals surface area contributed by atoms with Crippen LogP contribution in [0, 0.1) is 0 Å². The summed E-state index contributed by atoms with van der Waals surface area (Å²) in [4.78, 5) is 28.0. The highest BCUT2D eigenvalue weighted by Crippen LogP contribution is 2.21. The lowest BCUT2D eigenvalue weighted by atomic mass is 10.2. The van der Waals surface area contributed by atoms with Crippen molar-refractivity contribution in [2.24, 2.45) is 0 Å². The summed E-state index contributed by atoms with van der Waals surface area (Å²) in [6.45, 7) is 5.41. The topological polar surface area (TPSA) is 52.7 Å². The molecule has 3 rings (SSSR count). The van der Waals surface area contributed by atoms with E-state index in [2.05, 4.69) is 29.3 Å². The normalized spacial score (nSPS) is 13.8. The van der Waals surface area contributed by atoms with Gasteiger partial charge in [-0.1, -0.05) is 30.3 Å². The van der Waals surface area contributed by atoms with E-state index in [1.807, 2.05) is 47.4 Å². The van der Waals surface area contributed by atoms with Gasteiger partial charge in [-0.05, 0) is 55.7 Å². The zero-order chi connectivity index (χ0) is 20.5. The van der Waals surface area contributed by atoms with E-state index in [0.717, 1.165) is 43.7 Å². The van der Waals surface area contributed by atoms with Gasteiger partial charge in [0, 0.05) is 50.1 Å². The number of nitrogens with one attached hydrogen (secondary N) is 1. The largest absolute Gasteiger partial charge is 0.372 e. The molecule has 29 heavy (non-hydrogen) atoms. The van der Waals surface area contributed by atoms with Crippen LogP contribution in [0.5, 0.6) is 0 Å². The van der Waals surface area contributed by atoms with E-state index in [1.54, 1.807) is 12.2 Å². The third-order valence-electron chi connectivity index (χ3n) is 5.11. The van der Waals surface area contributed by atoms with Crippen LogP contribution >= 0.6 is 0 Å². The van der Waals surface area contributed by atoms with Gasteiger partial charge in [-0.3, -0.25) is 9.59 Å². The van der Waals surface area contributed by atoms with Crippen LogP contribution < -0.4 is 15.1 Å². The summed E-state index contributed by atoms with van der Waals surface area (Å²) in [7, 11) is 0. The van der Waals surface area contributed by atoms with Gasteiger partial charge in [0.15, 0.2) is 0 Å². The Hall–Kier alpha value is -3.08. The van der Waals surface area contributed by atoms with Crippen molar-refractivity contribution in [2.45, 2.75) is 26.2 Å². The molecule has 1 fully saturated rings. The van der Waals surface area contributed by atoms with Gasteiger partial charge in [-0.2, -0.15) is 0 Å². The molecule has 0 spiro atoms. The maximum Gasteiger partial charge on any atom is 0.244 e. The molecule has 2 amide bonds. The molecule has 0 atom stereocenters. The Morgan fingerprint density at radius 1 is 1.14 bits per heavy atom. The fraction of sp³-hybridized carbons (Fsp3) is 0.333. The molecule has 0 unspecified atom stereocenters. The minimum atomic E-state index is -0.0912. The molecule has 152 valence electrons. The zero-order valence-corrected chi connectivity index (χ0v) is 17.0. The number of nitrogens with zero attached hydrogens (tertiary/aromatic N) is 2. The van der Waals surface area contributed by atoms with Crippen molar-refractivity contribution in [3.8, 4) is 0 Å². The Labute approximate surface area is 173 Å². The van der Waals surface area contributed by atoms with Gasteiger partial charge in [-0.15, -0.1) is 0 Å². The van der Waals surface area contributed by atoms with Crippen LogP contribution in [0.2, 0.25) is 0 Å². The van der Waals surface area contributed by atoms with Gasteiger partial charge in [-0.25, -0.2) is 0 Å². The van der Waals surface area contributed by atoms with Crippen LogP contribution in [0.4, 0.5) is 11.4 Å². The Morgan fingerprint density at radius 2 is 1.90 bits per heavy atom. The van der Waals surface area contributed by atoms with Gasteiger partial charge in [0.05, 0.1) is 0 Å². The van der Waals surface area contributed by atoms with Crippen molar-refractivity contribution in [2.75, 3.05) is 36.0 Å². The summed E-state index contributed by atoms with van der Waals surface area (Å²) in [5, 5.41) is 2.94. The Morgan fingerprint density at radius 3 is 2.55 bits per heavy atom. The van der Waals surface area contributed by atoms with Crippen molar-refractivity contribution in [3.05, 3.63) is 66.2 Å². The fourth-order valence-corrected chi connectivity index (χ4v) is 3.51. The summed E-state index contributed by atoms with van der Waals surface area (Å²) < 4.78 is 0. The molecule has 0 aliphatic carbocycles. The first-order chi connectivity index (χ1) is 14.2. The molecular formula is C24H29N3O2. The van der Waals surface area contributed by atoms with Crippen LogP contribution in [0.15, 0.2) is 60.7 Å². The average molecular weight is 392 g/mol. The van der Waals surface area contributed by atoms with Gasteiger partial charge in [0.25, 0.3) is 0 Å². The summed E-state index contributed by atoms with van der Waals surface area (Å²) in [5.74, 6) is 0.0909. The van der Waals surface area contributed by atoms with Gasteiger partial charge in [0.2, 0.25) is 11.8 Å². The predicted molar refractivity (Wildman–Crippen MR) is 119 cm³/mol. The van der Waals surface area contributed by atoms with Crippen LogP contribution in [0.3, 0.4) is 0 Å². The summed E-state index contributed by atoms with van der Waals surface area (Å²) >= 11 is 0. The number of carbonyl (C=O) groups is 2. The smallest absolute Gasteiger partial charge is 0.244 e. The van der Waals surface area contributed by atoms with Crippen LogP contribution in [0.25, 0.3) is 6.08 Å². The van der Waals surface area contributed by atoms with E-state index in [-0.39, 0.29) is 11.8 Å². The van der Waals surface area contributed by atoms with Gasteiger partial charge < -0.3 is 15.1 Å². The molecule has 0 saturated carbocycles. The highest BCUT2D eigenvalue weighted by Gasteiger charge is 2.21. The number of benzene rings is 2. The molecular weight excluding hydrogens is 362 g/mol. The monoisotopic (exact) mass is 391 g/mol. The first kappa shape index (κ1) is 20.6. The molecule has 2 aromatic rings. The molecule has 2 aromatic carbocycles. The molecule has 1 aliphatic rings. The first-order valence-corrected chi connectivity index (χ1v) is 10.3. The van der Waals surface area contributed by atoms with Gasteiger partial charge >= 0.3 is 0 Å². The lowest BCUT2D eigenvalue weighted by Crippen LogP contribution is -2.29. The van der Waals surface area contributed by atoms with E-state index in [4.69, 9.17) is 0 Å². The second-order valence-corrected chi connectivity index (χ2v) is 7.13. The maximum absolute atomic E-state index is 12.1. The number of carbonyl (C=O) groups excluding carboxylic acids is 2. The highest BCUT2D eigenvalue weighted by atomic mass is 16.2. The van der Waals surface area contributed by atoms with E-state index in [0.29, 0.717) is 13.0 Å². The third kappa shape index (κ3) is 5.95. The van der Waals surface area contributed by atoms with E-state index in [1.165, 1.54) is 5.69 Å². The molecule has 0 bridgehead atoms. The third-order valence-corrected chi connectivity index (χ3v) is 5.11. The number of anilines is 2. The van der Waals surface area contributed by atoms with Crippen molar-refractivity contribution in [1.29, 1.82) is 0 Å². The minimum Gasteiger partial charge on any atom is -0.372 e. The van der Waals surface area contributed by atoms with E-state index in [9.17, 15) is 9.59 Å². The highest BCUT2D eigenvalue weighted by molar-refractivity contribution is 5.95. The lowest BCUT2D eigenvalue weighted by molar-refractivity contribution is -0.117. The van der Waals surface area contributed by atoms with Crippen molar-refractivity contribution in [3.63, 3.8) is 0 Å². The number of hydrogen-bond donors (Lipinski definition) is 1. The van der Waals surface area contributed by atoms with E-state index < -0.39 is 0 Å². The number of amides is 2. The number of para-hydroxylation sites is 1. The molecule has 0 aromatic heterocycles. The predicted octanol–water partition coefficient (Wildman–Crippen LogP) is 3.86. The summed E-state index contributed by atoms with van der Waals surface area (Å²) in [6, 6.07) is 18.1. The van der Waals surface area contributed by atoms with Crippen LogP contribution in [-0.4, -0.2) is 38.0 Å². The quantitative estimate of drug-likeness (QED) is 0.522. The van der Waals surface area contributed by atoms with Crippen molar-refractivity contribution in [1.82, 2.24) is 5.32 Å². The Kier molecular flexibility index (Phi) is 7.45. The summed E-state index contributed by atoms with van der Waals surface area (Å²) in [6.07, 6.45) is 5.80. The van der Waals surface area contributed by atoms with E-state index >= 15 is 0 Å². The lowest BCUT2D eigenvalue weighted by Gasteiger charge is -2.23. The Bertz CT molecular complexity index is 831. The van der Waals surface area contributed by atoms with Crippen LogP contribution in [-0.2, 0) is 9.59 Å². The Balaban J connectivity index is 1.41. The fourth-order valence-electron chi connectivity index (χ4n) is 3.51. The number of rotatable bonds is 9. The minimum absolute atomic E-state index is 0.0912. The zero-order valence-electron chi connectivity index (χ0n) is 17.0. The standard InChI is InChI=1S/C24H29N3O2/c1-2-26(21-8-4-3-5-9-21)18-7-17-25-23(28)16-13-20-11-14-22(15-12-20)27-19-6-10-24(27)29/h3-5,8-9,11-16H,2,6-7,10,17-19H2,1H3,(H,25,28)/b16-13+. The van der Waals surface area contributed by atoms with Gasteiger partial charge in [0.1, 0.15) is 0 Å². The molecule has 1 saturated heterocycles. The number of hydrogen-bond acceptors (Lipinski definition) is 3. The summed E-state index contributed by atoms with van der Waals surface area (Å²) in [5.41, 5.74) is 3.07. The first-order valence-electron chi connectivity index (χ1n) is 10.3. The molecule has 0 radical (unpaired) electrons. The average Bonchev–Trinajstić information content (AvgIpc) is 3.19. The molecule has 1 heterocycles. The van der Waals surface area contributed by atoms with Crippen molar-refractivity contribution < 1.29 is 9.59 Å². The second kappa shape index (κ2) is 10.5. The second-order valence-electron chi connectivity index (χ2n) is 7.13. The molecule has 5 nitrogen and oxygen atoms in total. The van der Waals surface area contributed by atoms with Crippen LogP contribution in [0.1, 0.15) is 31.7 Å². The maximum atomic E-state index is 12.1.